The summed E-state index contributed by atoms with van der Waals surface area (Å²) < 4.78 is 0.853. The second kappa shape index (κ2) is 4.99. The highest BCUT2D eigenvalue weighted by Gasteiger charge is 2.19. The fourth-order valence-corrected chi connectivity index (χ4v) is 2.70. The van der Waals surface area contributed by atoms with Crippen molar-refractivity contribution in [3.8, 4) is 0 Å². The van der Waals surface area contributed by atoms with Crippen LogP contribution in [0.4, 0.5) is 11.4 Å². The number of nitro benzene ring substituents is 1. The van der Waals surface area contributed by atoms with Gasteiger partial charge in [-0.3, -0.25) is 14.9 Å². The molecule has 1 aliphatic rings. The Hall–Kier alpha value is -1.18. The van der Waals surface area contributed by atoms with Crippen molar-refractivity contribution in [1.29, 1.82) is 0 Å². The van der Waals surface area contributed by atoms with Gasteiger partial charge in [-0.1, -0.05) is 0 Å². The molecular weight excluding hydrogens is 335 g/mol. The van der Waals surface area contributed by atoms with Crippen molar-refractivity contribution in [2.24, 2.45) is 0 Å². The third-order valence-corrected chi connectivity index (χ3v) is 3.67. The highest BCUT2D eigenvalue weighted by molar-refractivity contribution is 14.1. The molecule has 0 N–H and O–H groups in total. The Morgan fingerprint density at radius 1 is 1.29 bits per heavy atom. The minimum absolute atomic E-state index is 0.103. The van der Waals surface area contributed by atoms with Crippen LogP contribution in [0.5, 0.6) is 0 Å². The first-order valence-corrected chi connectivity index (χ1v) is 6.36. The van der Waals surface area contributed by atoms with Crippen LogP contribution in [0.2, 0.25) is 0 Å². The number of ketones is 1. The maximum atomic E-state index is 11.2. The molecule has 1 aromatic rings. The Balaban J connectivity index is 2.21. The van der Waals surface area contributed by atoms with Gasteiger partial charge >= 0.3 is 0 Å². The van der Waals surface area contributed by atoms with Crippen molar-refractivity contribution >= 4 is 39.7 Å². The Labute approximate surface area is 112 Å². The largest absolute Gasteiger partial charge is 0.370 e. The van der Waals surface area contributed by atoms with E-state index in [4.69, 9.17) is 0 Å². The Kier molecular flexibility index (Phi) is 3.60. The summed E-state index contributed by atoms with van der Waals surface area (Å²) in [6.07, 6.45) is 1.13. The first-order chi connectivity index (χ1) is 8.08. The van der Waals surface area contributed by atoms with Crippen molar-refractivity contribution in [3.05, 3.63) is 31.9 Å². The van der Waals surface area contributed by atoms with Gasteiger partial charge in [-0.05, 0) is 28.7 Å². The molecule has 1 aromatic carbocycles. The van der Waals surface area contributed by atoms with E-state index in [1.165, 1.54) is 6.07 Å². The van der Waals surface area contributed by atoms with Gasteiger partial charge < -0.3 is 4.90 Å². The van der Waals surface area contributed by atoms with Gasteiger partial charge in [0.2, 0.25) is 0 Å². The number of hydrogen-bond acceptors (Lipinski definition) is 4. The smallest absolute Gasteiger partial charge is 0.270 e. The van der Waals surface area contributed by atoms with Crippen molar-refractivity contribution in [2.45, 2.75) is 12.8 Å². The molecule has 1 saturated heterocycles. The lowest BCUT2D eigenvalue weighted by atomic mass is 10.1. The summed E-state index contributed by atoms with van der Waals surface area (Å²) in [5.74, 6) is 0.290. The average molecular weight is 346 g/mol. The van der Waals surface area contributed by atoms with Crippen molar-refractivity contribution in [1.82, 2.24) is 0 Å². The molecule has 1 fully saturated rings. The van der Waals surface area contributed by atoms with E-state index in [2.05, 4.69) is 27.5 Å². The molecule has 2 rings (SSSR count). The summed E-state index contributed by atoms with van der Waals surface area (Å²) in [6.45, 7) is 1.40. The summed E-state index contributed by atoms with van der Waals surface area (Å²) in [5.41, 5.74) is 1.08. The molecule has 0 atom stereocenters. The number of rotatable bonds is 2. The summed E-state index contributed by atoms with van der Waals surface area (Å²) in [7, 11) is 0. The number of anilines is 1. The number of non-ortho nitro benzene ring substituents is 1. The number of halogens is 1. The molecule has 1 heterocycles. The highest BCUT2D eigenvalue weighted by atomic mass is 127. The molecular formula is C11H11IN2O3. The molecule has 0 spiro atoms. The topological polar surface area (TPSA) is 63.5 Å². The summed E-state index contributed by atoms with van der Waals surface area (Å²) in [4.78, 5) is 23.5. The van der Waals surface area contributed by atoms with Crippen LogP contribution < -0.4 is 4.90 Å². The molecule has 0 bridgehead atoms. The number of carbonyl (C=O) groups is 1. The number of carbonyl (C=O) groups excluding carboxylic acids is 1. The number of nitro groups is 1. The molecule has 0 unspecified atom stereocenters. The molecule has 0 amide bonds. The van der Waals surface area contributed by atoms with Gasteiger partial charge in [0.25, 0.3) is 5.69 Å². The van der Waals surface area contributed by atoms with Gasteiger partial charge in [-0.2, -0.15) is 0 Å². The maximum absolute atomic E-state index is 11.2. The second-order valence-electron chi connectivity index (χ2n) is 3.92. The second-order valence-corrected chi connectivity index (χ2v) is 5.08. The number of Topliss-reactive ketones (excluding diaryl/α,β-unsaturated/α-hetero) is 1. The molecule has 1 aliphatic heterocycles. The average Bonchev–Trinajstić information content (AvgIpc) is 2.30. The van der Waals surface area contributed by atoms with Crippen LogP contribution in [0, 0.1) is 13.7 Å². The van der Waals surface area contributed by atoms with E-state index >= 15 is 0 Å². The first kappa shape index (κ1) is 12.3. The zero-order chi connectivity index (χ0) is 12.4. The van der Waals surface area contributed by atoms with Crippen molar-refractivity contribution in [3.63, 3.8) is 0 Å². The monoisotopic (exact) mass is 346 g/mol. The Bertz CT molecular complexity index is 466. The third kappa shape index (κ3) is 2.74. The molecule has 5 nitrogen and oxygen atoms in total. The normalized spacial score (nSPS) is 16.1. The summed E-state index contributed by atoms with van der Waals surface area (Å²) >= 11 is 2.10. The van der Waals surface area contributed by atoms with Gasteiger partial charge in [-0.25, -0.2) is 0 Å². The van der Waals surface area contributed by atoms with Crippen LogP contribution in [0.1, 0.15) is 12.8 Å². The number of nitrogens with zero attached hydrogens (tertiary/aromatic N) is 2. The summed E-state index contributed by atoms with van der Waals surface area (Å²) in [5, 5.41) is 10.6. The lowest BCUT2D eigenvalue weighted by Gasteiger charge is -2.28. The fraction of sp³-hybridized carbons (Fsp3) is 0.364. The van der Waals surface area contributed by atoms with Gasteiger partial charge in [-0.15, -0.1) is 0 Å². The predicted octanol–water partition coefficient (Wildman–Crippen LogP) is 2.37. The van der Waals surface area contributed by atoms with E-state index in [-0.39, 0.29) is 11.5 Å². The van der Waals surface area contributed by atoms with Crippen LogP contribution in [0.25, 0.3) is 0 Å². The molecule has 6 heteroatoms. The van der Waals surface area contributed by atoms with E-state index in [0.29, 0.717) is 25.9 Å². The molecule has 0 aromatic heterocycles. The van der Waals surface area contributed by atoms with Crippen LogP contribution in [0.15, 0.2) is 18.2 Å². The zero-order valence-corrected chi connectivity index (χ0v) is 11.2. The Morgan fingerprint density at radius 2 is 1.94 bits per heavy atom. The standard InChI is InChI=1S/C11H11IN2O3/c12-10-7-8(14(16)17)1-2-11(10)13-5-3-9(15)4-6-13/h1-2,7H,3-6H2. The van der Waals surface area contributed by atoms with Crippen LogP contribution >= 0.6 is 22.6 Å². The van der Waals surface area contributed by atoms with Gasteiger partial charge in [0.15, 0.2) is 0 Å². The molecule has 90 valence electrons. The first-order valence-electron chi connectivity index (χ1n) is 5.28. The highest BCUT2D eigenvalue weighted by Crippen LogP contribution is 2.28. The van der Waals surface area contributed by atoms with Crippen LogP contribution in [-0.2, 0) is 4.79 Å². The van der Waals surface area contributed by atoms with Crippen molar-refractivity contribution < 1.29 is 9.72 Å². The lowest BCUT2D eigenvalue weighted by Crippen LogP contribution is -2.34. The number of benzene rings is 1. The molecule has 17 heavy (non-hydrogen) atoms. The minimum atomic E-state index is -0.397. The minimum Gasteiger partial charge on any atom is -0.370 e. The SMILES string of the molecule is O=C1CCN(c2ccc([N+](=O)[O-])cc2I)CC1. The van der Waals surface area contributed by atoms with Gasteiger partial charge in [0.1, 0.15) is 5.78 Å². The van der Waals surface area contributed by atoms with Crippen LogP contribution in [-0.4, -0.2) is 23.8 Å². The molecule has 0 radical (unpaired) electrons. The van der Waals surface area contributed by atoms with E-state index in [0.717, 1.165) is 9.26 Å². The maximum Gasteiger partial charge on any atom is 0.270 e. The number of hydrogen-bond donors (Lipinski definition) is 0. The van der Waals surface area contributed by atoms with E-state index in [1.54, 1.807) is 12.1 Å². The zero-order valence-electron chi connectivity index (χ0n) is 9.06. The van der Waals surface area contributed by atoms with E-state index in [9.17, 15) is 14.9 Å². The van der Waals surface area contributed by atoms with Gasteiger partial charge in [0, 0.05) is 41.6 Å². The molecule has 0 saturated carbocycles. The molecule has 0 aliphatic carbocycles. The van der Waals surface area contributed by atoms with Gasteiger partial charge in [0.05, 0.1) is 10.6 Å². The van der Waals surface area contributed by atoms with E-state index < -0.39 is 4.92 Å². The Morgan fingerprint density at radius 3 is 2.47 bits per heavy atom. The third-order valence-electron chi connectivity index (χ3n) is 2.80. The summed E-state index contributed by atoms with van der Waals surface area (Å²) in [6, 6.07) is 4.83. The van der Waals surface area contributed by atoms with E-state index in [1.807, 2.05) is 0 Å². The quantitative estimate of drug-likeness (QED) is 0.469. The lowest BCUT2D eigenvalue weighted by molar-refractivity contribution is -0.384. The number of piperidine rings is 1. The fourth-order valence-electron chi connectivity index (χ4n) is 1.86. The van der Waals surface area contributed by atoms with Crippen LogP contribution in [0.3, 0.4) is 0 Å². The predicted molar refractivity (Wildman–Crippen MR) is 72.3 cm³/mol. The van der Waals surface area contributed by atoms with Crippen molar-refractivity contribution in [2.75, 3.05) is 18.0 Å².